The van der Waals surface area contributed by atoms with Gasteiger partial charge in [-0.25, -0.2) is 0 Å². The number of rotatable bonds is 49. The van der Waals surface area contributed by atoms with Crippen LogP contribution >= 0.6 is 0 Å². The van der Waals surface area contributed by atoms with Crippen molar-refractivity contribution < 1.29 is 38.2 Å². The van der Waals surface area contributed by atoms with Crippen LogP contribution in [0, 0.1) is 0 Å². The summed E-state index contributed by atoms with van der Waals surface area (Å²) in [4.78, 5) is 37.2. The fourth-order valence-electron chi connectivity index (χ4n) is 7.68. The molecule has 8 heteroatoms. The van der Waals surface area contributed by atoms with Crippen molar-refractivity contribution in [2.24, 2.45) is 0 Å². The Morgan fingerprint density at radius 3 is 1.11 bits per heavy atom. The van der Waals surface area contributed by atoms with Gasteiger partial charge in [0.05, 0.1) is 40.3 Å². The number of likely N-dealkylation sites (N-methyl/N-ethyl adjacent to an activating group) is 1. The van der Waals surface area contributed by atoms with E-state index in [9.17, 15) is 19.5 Å². The van der Waals surface area contributed by atoms with E-state index in [0.717, 1.165) is 109 Å². The van der Waals surface area contributed by atoms with E-state index in [1.807, 2.05) is 0 Å². The third-order valence-electron chi connectivity index (χ3n) is 11.9. The Balaban J connectivity index is 4.26. The SMILES string of the molecule is CC/C=C/C/C=C/C/C=C/C/C=C/C/C=C/C/C=C/CCCCCCC(=O)OCC(COCCC(C(=O)[O-])[N+](C)(C)C)OC(=O)CCCCCCCCCCCCCCC/C=C/C/C=C/C/C=C/CC. The summed E-state index contributed by atoms with van der Waals surface area (Å²) < 4.78 is 17.3. The van der Waals surface area contributed by atoms with Gasteiger partial charge in [0.15, 0.2) is 6.10 Å². The minimum Gasteiger partial charge on any atom is -0.544 e. The number of carbonyl (C=O) groups is 3. The Morgan fingerprint density at radius 1 is 0.429 bits per heavy atom. The van der Waals surface area contributed by atoms with Crippen LogP contribution in [0.1, 0.15) is 213 Å². The lowest BCUT2D eigenvalue weighted by molar-refractivity contribution is -0.889. The van der Waals surface area contributed by atoms with E-state index in [2.05, 4.69) is 123 Å². The van der Waals surface area contributed by atoms with Crippen LogP contribution in [0.15, 0.2) is 109 Å². The second kappa shape index (κ2) is 51.3. The number of quaternary nitrogens is 1. The predicted octanol–water partition coefficient (Wildman–Crippen LogP) is 15.4. The van der Waals surface area contributed by atoms with Crippen LogP contribution in [0.25, 0.3) is 0 Å². The highest BCUT2D eigenvalue weighted by molar-refractivity contribution is 5.70. The molecule has 0 spiro atoms. The molecule has 0 radical (unpaired) electrons. The molecule has 0 saturated heterocycles. The minimum atomic E-state index is -1.13. The molecule has 0 aromatic carbocycles. The van der Waals surface area contributed by atoms with E-state index in [4.69, 9.17) is 14.2 Å². The van der Waals surface area contributed by atoms with Crippen molar-refractivity contribution in [2.75, 3.05) is 41.0 Å². The van der Waals surface area contributed by atoms with E-state index < -0.39 is 18.1 Å². The standard InChI is InChI=1S/C62H103NO7/c1-6-8-10-12-14-16-18-20-22-24-26-28-30-32-34-36-38-40-42-44-46-48-50-52-60(64)69-57-58(56-68-55-54-59(62(66)67)63(3,4)5)70-61(65)53-51-49-47-45-43-41-39-37-35-33-31-29-27-25-23-21-19-17-15-13-11-9-7-2/h8-11,14-17,20-23,26,28,32,34,38,40,58-59H,6-7,12-13,18-19,24-25,27,29-31,33,35-37,39,41-57H2,1-5H3/b10-8+,11-9+,16-14+,17-15+,22-20+,23-21+,28-26+,34-32+,40-38+. The number of nitrogens with zero attached hydrogens (tertiary/aromatic N) is 1. The molecule has 0 aliphatic rings. The molecule has 0 fully saturated rings. The van der Waals surface area contributed by atoms with Gasteiger partial charge >= 0.3 is 11.9 Å². The van der Waals surface area contributed by atoms with Crippen molar-refractivity contribution in [2.45, 2.75) is 225 Å². The Bertz CT molecular complexity index is 1510. The molecule has 0 heterocycles. The number of hydrogen-bond acceptors (Lipinski definition) is 7. The van der Waals surface area contributed by atoms with Gasteiger partial charge in [-0.1, -0.05) is 207 Å². The van der Waals surface area contributed by atoms with Gasteiger partial charge < -0.3 is 28.6 Å². The van der Waals surface area contributed by atoms with Crippen LogP contribution < -0.4 is 5.11 Å². The van der Waals surface area contributed by atoms with Gasteiger partial charge in [-0.3, -0.25) is 9.59 Å². The highest BCUT2D eigenvalue weighted by Gasteiger charge is 2.25. The number of esters is 2. The smallest absolute Gasteiger partial charge is 0.306 e. The number of carboxylic acid groups (broad SMARTS) is 1. The second-order valence-corrected chi connectivity index (χ2v) is 19.4. The first-order valence-electron chi connectivity index (χ1n) is 27.9. The van der Waals surface area contributed by atoms with Crippen molar-refractivity contribution in [3.63, 3.8) is 0 Å². The molecule has 0 aliphatic heterocycles. The first-order chi connectivity index (χ1) is 34.1. The van der Waals surface area contributed by atoms with Crippen LogP contribution in [-0.4, -0.2) is 75.5 Å². The van der Waals surface area contributed by atoms with Crippen molar-refractivity contribution in [1.29, 1.82) is 0 Å². The van der Waals surface area contributed by atoms with Gasteiger partial charge in [0.1, 0.15) is 12.6 Å². The van der Waals surface area contributed by atoms with Crippen molar-refractivity contribution in [3.8, 4) is 0 Å². The molecule has 2 unspecified atom stereocenters. The van der Waals surface area contributed by atoms with Gasteiger partial charge in [0, 0.05) is 19.3 Å². The van der Waals surface area contributed by atoms with Gasteiger partial charge in [-0.05, 0) is 96.3 Å². The largest absolute Gasteiger partial charge is 0.544 e. The number of unbranched alkanes of at least 4 members (excludes halogenated alkanes) is 17. The van der Waals surface area contributed by atoms with E-state index in [-0.39, 0.29) is 42.7 Å². The zero-order valence-corrected chi connectivity index (χ0v) is 45.4. The zero-order valence-electron chi connectivity index (χ0n) is 45.4. The van der Waals surface area contributed by atoms with Crippen LogP contribution in [0.4, 0.5) is 0 Å². The number of carbonyl (C=O) groups excluding carboxylic acids is 3. The molecule has 0 saturated carbocycles. The summed E-state index contributed by atoms with van der Waals surface area (Å²) in [5, 5.41) is 11.7. The Labute approximate surface area is 429 Å². The normalized spacial score (nSPS) is 13.7. The first kappa shape index (κ1) is 66.0. The van der Waals surface area contributed by atoms with E-state index in [1.54, 1.807) is 21.1 Å². The van der Waals surface area contributed by atoms with Crippen molar-refractivity contribution in [3.05, 3.63) is 109 Å². The van der Waals surface area contributed by atoms with Gasteiger partial charge in [-0.15, -0.1) is 0 Å². The third kappa shape index (κ3) is 49.0. The van der Waals surface area contributed by atoms with Gasteiger partial charge in [0.2, 0.25) is 0 Å². The second-order valence-electron chi connectivity index (χ2n) is 19.4. The maximum Gasteiger partial charge on any atom is 0.306 e. The molecule has 70 heavy (non-hydrogen) atoms. The molecule has 2 atom stereocenters. The van der Waals surface area contributed by atoms with Crippen LogP contribution in [0.2, 0.25) is 0 Å². The van der Waals surface area contributed by atoms with Crippen LogP contribution in [-0.2, 0) is 28.6 Å². The zero-order chi connectivity index (χ0) is 51.3. The lowest BCUT2D eigenvalue weighted by atomic mass is 10.0. The monoisotopic (exact) mass is 974 g/mol. The molecule has 0 bridgehead atoms. The summed E-state index contributed by atoms with van der Waals surface area (Å²) in [6, 6.07) is -0.737. The third-order valence-corrected chi connectivity index (χ3v) is 11.9. The van der Waals surface area contributed by atoms with Gasteiger partial charge in [-0.2, -0.15) is 0 Å². The molecule has 0 rings (SSSR count). The lowest BCUT2D eigenvalue weighted by Gasteiger charge is -2.34. The number of carboxylic acids is 1. The molecule has 398 valence electrons. The van der Waals surface area contributed by atoms with E-state index in [0.29, 0.717) is 12.8 Å². The average Bonchev–Trinajstić information content (AvgIpc) is 3.33. The average molecular weight is 975 g/mol. The molecule has 0 aromatic heterocycles. The fraction of sp³-hybridized carbons (Fsp3) is 0.661. The highest BCUT2D eigenvalue weighted by atomic mass is 16.6. The van der Waals surface area contributed by atoms with Gasteiger partial charge in [0.25, 0.3) is 0 Å². The van der Waals surface area contributed by atoms with E-state index >= 15 is 0 Å². The first-order valence-corrected chi connectivity index (χ1v) is 27.9. The topological polar surface area (TPSA) is 102 Å². The number of hydrogen-bond donors (Lipinski definition) is 0. The highest BCUT2D eigenvalue weighted by Crippen LogP contribution is 2.15. The Morgan fingerprint density at radius 2 is 0.757 bits per heavy atom. The molecular weight excluding hydrogens is 871 g/mol. The summed E-state index contributed by atoms with van der Waals surface area (Å²) >= 11 is 0. The quantitative estimate of drug-likeness (QED) is 0.0259. The number of allylic oxidation sites excluding steroid dienone is 18. The minimum absolute atomic E-state index is 0.0261. The Kier molecular flexibility index (Phi) is 48.4. The lowest BCUT2D eigenvalue weighted by Crippen LogP contribution is -2.55. The Hall–Kier alpha value is -4.01. The summed E-state index contributed by atoms with van der Waals surface area (Å²) in [6.45, 7) is 4.42. The maximum absolute atomic E-state index is 12.8. The number of aliphatic carboxylic acids is 1. The maximum atomic E-state index is 12.8. The fourth-order valence-corrected chi connectivity index (χ4v) is 7.68. The molecule has 0 aromatic rings. The molecular formula is C62H103NO7. The molecule has 0 aliphatic carbocycles. The molecule has 8 nitrogen and oxygen atoms in total. The summed E-state index contributed by atoms with van der Waals surface area (Å²) in [5.74, 6) is -1.77. The number of ether oxygens (including phenoxy) is 3. The summed E-state index contributed by atoms with van der Waals surface area (Å²) in [5.41, 5.74) is 0. The predicted molar refractivity (Wildman–Crippen MR) is 295 cm³/mol. The van der Waals surface area contributed by atoms with Crippen LogP contribution in [0.3, 0.4) is 0 Å². The molecule has 0 amide bonds. The van der Waals surface area contributed by atoms with Crippen molar-refractivity contribution in [1.82, 2.24) is 0 Å². The van der Waals surface area contributed by atoms with Crippen molar-refractivity contribution >= 4 is 17.9 Å². The summed E-state index contributed by atoms with van der Waals surface area (Å²) in [7, 11) is 5.41. The molecule has 0 N–H and O–H groups in total. The van der Waals surface area contributed by atoms with E-state index in [1.165, 1.54) is 70.6 Å². The van der Waals surface area contributed by atoms with Crippen LogP contribution in [0.5, 0.6) is 0 Å². The summed E-state index contributed by atoms with van der Waals surface area (Å²) in [6.07, 6.45) is 71.2.